The van der Waals surface area contributed by atoms with Crippen LogP contribution in [0, 0.1) is 5.92 Å². The van der Waals surface area contributed by atoms with Gasteiger partial charge in [0.15, 0.2) is 0 Å². The number of hydrogen-bond acceptors (Lipinski definition) is 12. The summed E-state index contributed by atoms with van der Waals surface area (Å²) in [5.74, 6) is 0.683. The number of H-pyrrole nitrogens is 2. The number of amides is 4. The second-order valence-electron chi connectivity index (χ2n) is 13.1. The maximum atomic E-state index is 13.5. The van der Waals surface area contributed by atoms with Crippen molar-refractivity contribution in [2.24, 2.45) is 5.92 Å². The Labute approximate surface area is 321 Å². The molecule has 0 saturated heterocycles. The van der Waals surface area contributed by atoms with Crippen LogP contribution >= 0.6 is 22.7 Å². The Morgan fingerprint density at radius 1 is 0.833 bits per heavy atom. The minimum Gasteiger partial charge on any atom is -0.453 e. The molecule has 2 atom stereocenters. The van der Waals surface area contributed by atoms with E-state index in [4.69, 9.17) is 14.7 Å². The van der Waals surface area contributed by atoms with Gasteiger partial charge in [-0.2, -0.15) is 0 Å². The maximum Gasteiger partial charge on any atom is 0.407 e. The number of alkyl carbamates (subject to hydrolysis) is 2. The zero-order chi connectivity index (χ0) is 38.9. The monoisotopic (exact) mass is 780 g/mol. The first-order valence-electron chi connectivity index (χ1n) is 18.0. The zero-order valence-electron chi connectivity index (χ0n) is 31.6. The molecule has 4 amide bonds. The van der Waals surface area contributed by atoms with Crippen molar-refractivity contribution in [3.63, 3.8) is 0 Å². The number of nitrogens with zero attached hydrogens (tertiary/aromatic N) is 6. The summed E-state index contributed by atoms with van der Waals surface area (Å²) in [7, 11) is 2.53. The Bertz CT molecular complexity index is 2020. The van der Waals surface area contributed by atoms with Crippen LogP contribution in [0.15, 0.2) is 24.5 Å². The molecule has 4 N–H and O–H groups in total. The Hall–Kier alpha value is -5.10. The van der Waals surface area contributed by atoms with Gasteiger partial charge in [-0.15, -0.1) is 22.7 Å². The molecule has 18 heteroatoms. The molecule has 5 aromatic rings. The van der Waals surface area contributed by atoms with E-state index in [1.165, 1.54) is 36.9 Å². The molecule has 0 aliphatic heterocycles. The fraction of sp³-hybridized carbons (Fsp3) is 0.500. The number of benzene rings is 1. The number of rotatable bonds is 17. The number of nitrogens with one attached hydrogen (secondary N) is 4. The van der Waals surface area contributed by atoms with Crippen molar-refractivity contribution < 1.29 is 28.7 Å². The summed E-state index contributed by atoms with van der Waals surface area (Å²) in [4.78, 5) is 79.2. The molecule has 4 aromatic heterocycles. The smallest absolute Gasteiger partial charge is 0.407 e. The standard InChI is InChI=1S/C36H48N10O6S2/c1-8-11-21(10-3)46(30(47)17-39-35(49)51-6)19-29-38-16-25(41-29)33-43-23-14-26-22(13-27(23)54-33)42-32(53-26)24-15-37-28(40-24)18-45(12-9-2)34(48)31(20(4)5)44-36(50)52-7/h13-16,20-21,31H,8-12,17-19H2,1-7H3,(H,37,40)(H,38,41)(H,39,49)(H,44,50)/t21?,31-/m0/s1. The number of thiazole rings is 2. The van der Waals surface area contributed by atoms with E-state index in [-0.39, 0.29) is 43.4 Å². The molecule has 16 nitrogen and oxygen atoms in total. The van der Waals surface area contributed by atoms with Gasteiger partial charge in [0, 0.05) is 12.6 Å². The number of aromatic amines is 2. The van der Waals surface area contributed by atoms with Gasteiger partial charge in [-0.05, 0) is 37.3 Å². The predicted molar refractivity (Wildman–Crippen MR) is 208 cm³/mol. The number of carbonyl (C=O) groups excluding carboxylic acids is 4. The van der Waals surface area contributed by atoms with E-state index in [1.807, 2.05) is 39.8 Å². The van der Waals surface area contributed by atoms with Crippen molar-refractivity contribution in [2.45, 2.75) is 85.5 Å². The fourth-order valence-corrected chi connectivity index (χ4v) is 8.01. The normalized spacial score (nSPS) is 12.5. The van der Waals surface area contributed by atoms with E-state index in [0.29, 0.717) is 18.2 Å². The number of carbonyl (C=O) groups is 4. The molecule has 1 unspecified atom stereocenters. The van der Waals surface area contributed by atoms with Crippen molar-refractivity contribution in [1.82, 2.24) is 50.3 Å². The predicted octanol–water partition coefficient (Wildman–Crippen LogP) is 6.07. The van der Waals surface area contributed by atoms with Gasteiger partial charge < -0.3 is 39.9 Å². The Morgan fingerprint density at radius 3 is 1.91 bits per heavy atom. The van der Waals surface area contributed by atoms with E-state index < -0.39 is 18.2 Å². The lowest BCUT2D eigenvalue weighted by Gasteiger charge is -2.30. The topological polar surface area (TPSA) is 200 Å². The molecule has 5 rings (SSSR count). The van der Waals surface area contributed by atoms with Crippen LogP contribution in [0.5, 0.6) is 0 Å². The van der Waals surface area contributed by atoms with Gasteiger partial charge in [-0.1, -0.05) is 41.0 Å². The minimum absolute atomic E-state index is 0.00379. The van der Waals surface area contributed by atoms with Crippen LogP contribution in [0.1, 0.15) is 72.0 Å². The third kappa shape index (κ3) is 9.52. The van der Waals surface area contributed by atoms with Gasteiger partial charge in [0.2, 0.25) is 11.8 Å². The highest BCUT2D eigenvalue weighted by Crippen LogP contribution is 2.36. The second kappa shape index (κ2) is 18.3. The first-order chi connectivity index (χ1) is 26.0. The van der Waals surface area contributed by atoms with Gasteiger partial charge in [0.05, 0.1) is 71.5 Å². The summed E-state index contributed by atoms with van der Waals surface area (Å²) in [6.07, 6.45) is 5.40. The first-order valence-corrected chi connectivity index (χ1v) is 19.7. The molecule has 290 valence electrons. The number of aromatic nitrogens is 6. The van der Waals surface area contributed by atoms with E-state index in [0.717, 1.165) is 67.5 Å². The zero-order valence-corrected chi connectivity index (χ0v) is 33.3. The van der Waals surface area contributed by atoms with Crippen LogP contribution in [-0.2, 0) is 32.2 Å². The molecular weight excluding hydrogens is 733 g/mol. The van der Waals surface area contributed by atoms with Crippen molar-refractivity contribution in [2.75, 3.05) is 27.3 Å². The average Bonchev–Trinajstić information content (AvgIpc) is 3.98. The van der Waals surface area contributed by atoms with Crippen molar-refractivity contribution in [1.29, 1.82) is 0 Å². The lowest BCUT2D eigenvalue weighted by atomic mass is 10.0. The lowest BCUT2D eigenvalue weighted by molar-refractivity contribution is -0.135. The van der Waals surface area contributed by atoms with E-state index in [2.05, 4.69) is 42.2 Å². The molecule has 54 heavy (non-hydrogen) atoms. The molecule has 4 heterocycles. The molecule has 0 bridgehead atoms. The molecule has 1 aromatic carbocycles. The van der Waals surface area contributed by atoms with Gasteiger partial charge in [0.1, 0.15) is 34.3 Å². The van der Waals surface area contributed by atoms with E-state index >= 15 is 0 Å². The largest absolute Gasteiger partial charge is 0.453 e. The second-order valence-corrected chi connectivity index (χ2v) is 15.2. The summed E-state index contributed by atoms with van der Waals surface area (Å²) in [5.41, 5.74) is 3.14. The number of ether oxygens (including phenoxy) is 2. The van der Waals surface area contributed by atoms with Gasteiger partial charge >= 0.3 is 12.2 Å². The third-order valence-electron chi connectivity index (χ3n) is 8.90. The fourth-order valence-electron chi connectivity index (χ4n) is 6.11. The van der Waals surface area contributed by atoms with Crippen LogP contribution < -0.4 is 10.6 Å². The van der Waals surface area contributed by atoms with Crippen LogP contribution in [-0.4, -0.2) is 103 Å². The van der Waals surface area contributed by atoms with Crippen molar-refractivity contribution in [3.05, 3.63) is 36.2 Å². The highest BCUT2D eigenvalue weighted by Gasteiger charge is 2.30. The molecule has 0 spiro atoms. The molecule has 0 radical (unpaired) electrons. The highest BCUT2D eigenvalue weighted by molar-refractivity contribution is 7.23. The third-order valence-corrected chi connectivity index (χ3v) is 11.0. The van der Waals surface area contributed by atoms with Gasteiger partial charge in [-0.25, -0.2) is 29.5 Å². The Morgan fingerprint density at radius 2 is 1.41 bits per heavy atom. The minimum atomic E-state index is -0.727. The molecular formula is C36H48N10O6S2. The maximum absolute atomic E-state index is 13.5. The van der Waals surface area contributed by atoms with Gasteiger partial charge in [-0.3, -0.25) is 9.59 Å². The average molecular weight is 781 g/mol. The Kier molecular flexibility index (Phi) is 13.6. The number of methoxy groups -OCH3 is 2. The number of hydrogen-bond donors (Lipinski definition) is 4. The first kappa shape index (κ1) is 40.1. The quantitative estimate of drug-likeness (QED) is 0.0859. The number of fused-ring (bicyclic) bond motifs is 2. The summed E-state index contributed by atoms with van der Waals surface area (Å²) in [6, 6.07) is 3.31. The van der Waals surface area contributed by atoms with Crippen LogP contribution in [0.2, 0.25) is 0 Å². The van der Waals surface area contributed by atoms with Crippen LogP contribution in [0.4, 0.5) is 9.59 Å². The molecule has 0 aliphatic rings. The van der Waals surface area contributed by atoms with Crippen LogP contribution in [0.25, 0.3) is 41.8 Å². The van der Waals surface area contributed by atoms with Crippen molar-refractivity contribution >= 4 is 67.1 Å². The molecule has 0 aliphatic carbocycles. The SMILES string of the molecule is CCCC(CC)N(Cc1ncc(-c2nc3cc4sc(-c5cnc(CN(CCC)C(=O)[C@@H](NC(=O)OC)C(C)C)[nH]5)nc4cc3s2)[nH]1)C(=O)CNC(=O)OC. The van der Waals surface area contributed by atoms with E-state index in [1.54, 1.807) is 22.2 Å². The van der Waals surface area contributed by atoms with Crippen LogP contribution in [0.3, 0.4) is 0 Å². The molecule has 0 saturated carbocycles. The molecule has 0 fully saturated rings. The van der Waals surface area contributed by atoms with Gasteiger partial charge in [0.25, 0.3) is 0 Å². The van der Waals surface area contributed by atoms with E-state index in [9.17, 15) is 19.2 Å². The highest BCUT2D eigenvalue weighted by atomic mass is 32.1. The number of imidazole rings is 2. The summed E-state index contributed by atoms with van der Waals surface area (Å²) in [6.45, 7) is 10.7. The Balaban J connectivity index is 1.31. The summed E-state index contributed by atoms with van der Waals surface area (Å²) < 4.78 is 11.3. The summed E-state index contributed by atoms with van der Waals surface area (Å²) in [5, 5.41) is 6.67. The summed E-state index contributed by atoms with van der Waals surface area (Å²) >= 11 is 3.03. The lowest BCUT2D eigenvalue weighted by Crippen LogP contribution is -2.51. The van der Waals surface area contributed by atoms with Crippen molar-refractivity contribution in [3.8, 4) is 21.4 Å².